The standard InChI is InChI=1S/C13H12BrN3O2S/c1-13(5-2-3-11(14)7-13)20(18,19)17-12-9-15-6-4-10(12)8-16-17/h2-4,6-9H,5H2,1H3. The molecule has 0 amide bonds. The highest BCUT2D eigenvalue weighted by Gasteiger charge is 2.40. The first-order valence-electron chi connectivity index (χ1n) is 6.02. The van der Waals surface area contributed by atoms with Crippen molar-refractivity contribution in [1.82, 2.24) is 14.2 Å². The zero-order valence-corrected chi connectivity index (χ0v) is 13.1. The molecule has 2 aromatic rings. The van der Waals surface area contributed by atoms with Gasteiger partial charge in [0.05, 0.1) is 12.4 Å². The van der Waals surface area contributed by atoms with Gasteiger partial charge in [-0.3, -0.25) is 4.98 Å². The summed E-state index contributed by atoms with van der Waals surface area (Å²) in [4.78, 5) is 3.98. The molecule has 20 heavy (non-hydrogen) atoms. The Morgan fingerprint density at radius 2 is 2.20 bits per heavy atom. The Labute approximate surface area is 125 Å². The molecule has 0 saturated heterocycles. The Hall–Kier alpha value is -1.47. The normalized spacial score (nSPS) is 23.0. The number of rotatable bonds is 2. The number of fused-ring (bicyclic) bond motifs is 1. The molecule has 0 fully saturated rings. The number of halogens is 1. The van der Waals surface area contributed by atoms with Gasteiger partial charge in [0.25, 0.3) is 10.0 Å². The first-order valence-corrected chi connectivity index (χ1v) is 8.25. The third kappa shape index (κ3) is 1.92. The van der Waals surface area contributed by atoms with Crippen molar-refractivity contribution >= 4 is 36.9 Å². The van der Waals surface area contributed by atoms with Gasteiger partial charge in [-0.15, -0.1) is 0 Å². The highest BCUT2D eigenvalue weighted by atomic mass is 79.9. The summed E-state index contributed by atoms with van der Waals surface area (Å²) in [6, 6.07) is 1.74. The van der Waals surface area contributed by atoms with Crippen LogP contribution in [-0.2, 0) is 10.0 Å². The van der Waals surface area contributed by atoms with Gasteiger partial charge in [-0.1, -0.05) is 28.1 Å². The van der Waals surface area contributed by atoms with Gasteiger partial charge in [-0.25, -0.2) is 8.42 Å². The van der Waals surface area contributed by atoms with Crippen LogP contribution in [0.3, 0.4) is 0 Å². The van der Waals surface area contributed by atoms with Gasteiger partial charge < -0.3 is 0 Å². The summed E-state index contributed by atoms with van der Waals surface area (Å²) in [6.07, 6.45) is 10.5. The minimum absolute atomic E-state index is 0.409. The first kappa shape index (κ1) is 13.5. The maximum absolute atomic E-state index is 12.9. The fourth-order valence-electron chi connectivity index (χ4n) is 2.22. The van der Waals surface area contributed by atoms with Crippen LogP contribution < -0.4 is 0 Å². The van der Waals surface area contributed by atoms with Gasteiger partial charge in [-0.2, -0.15) is 9.19 Å². The fourth-order valence-corrected chi connectivity index (χ4v) is 4.62. The van der Waals surface area contributed by atoms with Crippen molar-refractivity contribution in [3.63, 3.8) is 0 Å². The Bertz CT molecular complexity index is 838. The number of pyridine rings is 1. The molecule has 1 aliphatic carbocycles. The SMILES string of the molecule is CC1(S(=O)(=O)n2ncc3ccncc32)C=C(Br)C=CC1. The molecule has 0 N–H and O–H groups in total. The molecular weight excluding hydrogens is 342 g/mol. The molecular formula is C13H12BrN3O2S. The zero-order chi connectivity index (χ0) is 14.4. The van der Waals surface area contributed by atoms with E-state index < -0.39 is 14.8 Å². The maximum Gasteiger partial charge on any atom is 0.263 e. The molecule has 1 atom stereocenters. The van der Waals surface area contributed by atoms with E-state index >= 15 is 0 Å². The van der Waals surface area contributed by atoms with Crippen molar-refractivity contribution in [2.75, 3.05) is 0 Å². The van der Waals surface area contributed by atoms with Gasteiger partial charge in [0.2, 0.25) is 0 Å². The van der Waals surface area contributed by atoms with Crippen LogP contribution in [0.25, 0.3) is 10.9 Å². The molecule has 0 aliphatic heterocycles. The van der Waals surface area contributed by atoms with Crippen LogP contribution in [0.2, 0.25) is 0 Å². The second kappa shape index (κ2) is 4.53. The highest BCUT2D eigenvalue weighted by molar-refractivity contribution is 9.11. The van der Waals surface area contributed by atoms with Crippen molar-refractivity contribution in [2.24, 2.45) is 0 Å². The van der Waals surface area contributed by atoms with E-state index in [1.807, 2.05) is 12.2 Å². The van der Waals surface area contributed by atoms with Crippen LogP contribution in [-0.4, -0.2) is 27.3 Å². The number of aromatic nitrogens is 3. The molecule has 1 aliphatic rings. The summed E-state index contributed by atoms with van der Waals surface area (Å²) in [6.45, 7) is 1.69. The lowest BCUT2D eigenvalue weighted by atomic mass is 10.0. The van der Waals surface area contributed by atoms with E-state index in [-0.39, 0.29) is 0 Å². The van der Waals surface area contributed by atoms with E-state index in [2.05, 4.69) is 26.0 Å². The van der Waals surface area contributed by atoms with Crippen molar-refractivity contribution < 1.29 is 8.42 Å². The second-order valence-electron chi connectivity index (χ2n) is 4.88. The van der Waals surface area contributed by atoms with E-state index in [1.165, 1.54) is 12.4 Å². The molecule has 104 valence electrons. The average molecular weight is 354 g/mol. The summed E-state index contributed by atoms with van der Waals surface area (Å²) in [5.41, 5.74) is 0.493. The molecule has 3 rings (SSSR count). The van der Waals surface area contributed by atoms with Crippen LogP contribution in [0.4, 0.5) is 0 Å². The summed E-state index contributed by atoms with van der Waals surface area (Å²) >= 11 is 3.34. The molecule has 7 heteroatoms. The molecule has 5 nitrogen and oxygen atoms in total. The Morgan fingerprint density at radius 3 is 2.95 bits per heavy atom. The number of allylic oxidation sites excluding steroid dienone is 3. The van der Waals surface area contributed by atoms with E-state index in [9.17, 15) is 8.42 Å². The first-order chi connectivity index (χ1) is 9.44. The minimum Gasteiger partial charge on any atom is -0.262 e. The summed E-state index contributed by atoms with van der Waals surface area (Å²) in [5.74, 6) is 0. The average Bonchev–Trinajstić information content (AvgIpc) is 2.82. The summed E-state index contributed by atoms with van der Waals surface area (Å²) in [7, 11) is -3.67. The lowest BCUT2D eigenvalue weighted by Crippen LogP contribution is -2.38. The lowest BCUT2D eigenvalue weighted by Gasteiger charge is -2.27. The monoisotopic (exact) mass is 353 g/mol. The summed E-state index contributed by atoms with van der Waals surface area (Å²) < 4.78 is 26.6. The molecule has 2 aromatic heterocycles. The number of hydrogen-bond acceptors (Lipinski definition) is 4. The van der Waals surface area contributed by atoms with Gasteiger partial charge in [0.15, 0.2) is 0 Å². The van der Waals surface area contributed by atoms with Gasteiger partial charge in [0, 0.05) is 16.1 Å². The third-order valence-corrected chi connectivity index (χ3v) is 6.10. The largest absolute Gasteiger partial charge is 0.263 e. The zero-order valence-electron chi connectivity index (χ0n) is 10.7. The van der Waals surface area contributed by atoms with Gasteiger partial charge in [0.1, 0.15) is 10.3 Å². The number of hydrogen-bond donors (Lipinski definition) is 0. The molecule has 0 saturated carbocycles. The molecule has 0 aromatic carbocycles. The quantitative estimate of drug-likeness (QED) is 0.832. The van der Waals surface area contributed by atoms with Crippen molar-refractivity contribution in [2.45, 2.75) is 18.1 Å². The van der Waals surface area contributed by atoms with E-state index in [1.54, 1.807) is 25.3 Å². The van der Waals surface area contributed by atoms with Crippen molar-refractivity contribution in [1.29, 1.82) is 0 Å². The van der Waals surface area contributed by atoms with Gasteiger partial charge in [-0.05, 0) is 25.5 Å². The molecule has 1 unspecified atom stereocenters. The van der Waals surface area contributed by atoms with Crippen LogP contribution in [0.5, 0.6) is 0 Å². The number of nitrogens with zero attached hydrogens (tertiary/aromatic N) is 3. The van der Waals surface area contributed by atoms with Crippen molar-refractivity contribution in [3.05, 3.63) is 47.4 Å². The molecule has 0 bridgehead atoms. The maximum atomic E-state index is 12.9. The molecule has 2 heterocycles. The Balaban J connectivity index is 2.20. The Kier molecular flexibility index (Phi) is 3.06. The Morgan fingerprint density at radius 1 is 1.40 bits per heavy atom. The predicted molar refractivity (Wildman–Crippen MR) is 81.0 cm³/mol. The second-order valence-corrected chi connectivity index (χ2v) is 8.02. The lowest BCUT2D eigenvalue weighted by molar-refractivity contribution is 0.548. The molecule has 0 radical (unpaired) electrons. The topological polar surface area (TPSA) is 64.8 Å². The van der Waals surface area contributed by atoms with E-state index in [0.717, 1.165) is 14.0 Å². The van der Waals surface area contributed by atoms with Crippen LogP contribution in [0, 0.1) is 0 Å². The van der Waals surface area contributed by atoms with Crippen LogP contribution in [0.1, 0.15) is 13.3 Å². The predicted octanol–water partition coefficient (Wildman–Crippen LogP) is 2.61. The smallest absolute Gasteiger partial charge is 0.262 e. The fraction of sp³-hybridized carbons (Fsp3) is 0.231. The highest BCUT2D eigenvalue weighted by Crippen LogP contribution is 2.33. The van der Waals surface area contributed by atoms with Crippen LogP contribution in [0.15, 0.2) is 47.4 Å². The minimum atomic E-state index is -3.67. The summed E-state index contributed by atoms with van der Waals surface area (Å²) in [5, 5.41) is 4.78. The van der Waals surface area contributed by atoms with E-state index in [4.69, 9.17) is 0 Å². The van der Waals surface area contributed by atoms with Crippen molar-refractivity contribution in [3.8, 4) is 0 Å². The van der Waals surface area contributed by atoms with Gasteiger partial charge >= 0.3 is 0 Å². The van der Waals surface area contributed by atoms with Crippen LogP contribution >= 0.6 is 15.9 Å². The molecule has 0 spiro atoms. The van der Waals surface area contributed by atoms with E-state index in [0.29, 0.717) is 11.9 Å². The third-order valence-electron chi connectivity index (χ3n) is 3.40.